The van der Waals surface area contributed by atoms with E-state index in [4.69, 9.17) is 18.1 Å². The minimum Gasteiger partial charge on any atom is -0.308 e. The molecule has 1 rings (SSSR count). The number of nitro benzene ring substituents is 1. The molecule has 0 heterocycles. The van der Waals surface area contributed by atoms with Gasteiger partial charge in [0.1, 0.15) is 5.06 Å². The third kappa shape index (κ3) is 6.62. The number of allylic oxidation sites excluding steroid dienone is 1. The molecule has 0 N–H and O–H groups in total. The van der Waals surface area contributed by atoms with Crippen LogP contribution < -0.4 is 0 Å². The summed E-state index contributed by atoms with van der Waals surface area (Å²) >= 11 is 0. The first-order chi connectivity index (χ1) is 13.3. The molecule has 0 saturated carbocycles. The van der Waals surface area contributed by atoms with E-state index in [9.17, 15) is 19.2 Å². The van der Waals surface area contributed by atoms with Crippen molar-refractivity contribution in [2.75, 3.05) is 27.4 Å². The maximum absolute atomic E-state index is 13.1. The summed E-state index contributed by atoms with van der Waals surface area (Å²) in [6, 6.07) is 6.34. The first-order valence-corrected chi connectivity index (χ1v) is 11.9. The van der Waals surface area contributed by atoms with E-state index in [1.807, 2.05) is 0 Å². The number of hydrogen-bond acceptors (Lipinski definition) is 8. The molecular weight excluding hydrogens is 408 g/mol. The molecule has 158 valence electrons. The molecule has 0 amide bonds. The largest absolute Gasteiger partial charge is 0.369 e. The van der Waals surface area contributed by atoms with Gasteiger partial charge in [0, 0.05) is 26.4 Å². The highest BCUT2D eigenvalue weighted by Gasteiger charge is 2.43. The van der Waals surface area contributed by atoms with Gasteiger partial charge in [-0.15, -0.1) is 0 Å². The number of non-ortho nitro benzene ring substituents is 1. The standard InChI is InChI=1S/C17H27NO8P2/c1-5-25-28(22,26-6-2)17(27(21,23-3)24-4)13-8-7-10-15-11-9-12-16(14-15)18(19)20/h9,11-14H,5-8,10H2,1-4H3/b17-13+. The lowest BCUT2D eigenvalue weighted by Crippen LogP contribution is -2.02. The zero-order valence-electron chi connectivity index (χ0n) is 16.5. The third-order valence-electron chi connectivity index (χ3n) is 3.76. The van der Waals surface area contributed by atoms with Gasteiger partial charge in [0.15, 0.2) is 0 Å². The Morgan fingerprint density at radius 2 is 1.71 bits per heavy atom. The summed E-state index contributed by atoms with van der Waals surface area (Å²) in [6.07, 6.45) is 2.98. The van der Waals surface area contributed by atoms with Crippen LogP contribution in [0.4, 0.5) is 5.69 Å². The van der Waals surface area contributed by atoms with Crippen molar-refractivity contribution in [3.05, 3.63) is 51.1 Å². The Balaban J connectivity index is 3.03. The highest BCUT2D eigenvalue weighted by Crippen LogP contribution is 2.73. The van der Waals surface area contributed by atoms with Crippen molar-refractivity contribution in [3.8, 4) is 0 Å². The van der Waals surface area contributed by atoms with Gasteiger partial charge in [-0.05, 0) is 38.7 Å². The fourth-order valence-electron chi connectivity index (χ4n) is 2.51. The minimum absolute atomic E-state index is 0.0224. The monoisotopic (exact) mass is 435 g/mol. The van der Waals surface area contributed by atoms with Crippen LogP contribution in [-0.4, -0.2) is 32.4 Å². The number of hydrogen-bond donors (Lipinski definition) is 0. The summed E-state index contributed by atoms with van der Waals surface area (Å²) in [6.45, 7) is 3.48. The van der Waals surface area contributed by atoms with Crippen LogP contribution in [0.1, 0.15) is 32.3 Å². The highest BCUT2D eigenvalue weighted by atomic mass is 31.2. The van der Waals surface area contributed by atoms with Crippen molar-refractivity contribution in [1.29, 1.82) is 0 Å². The molecule has 0 unspecified atom stereocenters. The van der Waals surface area contributed by atoms with Gasteiger partial charge in [-0.2, -0.15) is 0 Å². The van der Waals surface area contributed by atoms with Crippen LogP contribution in [0.3, 0.4) is 0 Å². The molecule has 0 spiro atoms. The zero-order chi connectivity index (χ0) is 21.2. The second-order valence-electron chi connectivity index (χ2n) is 5.58. The molecule has 0 bridgehead atoms. The normalized spacial score (nSPS) is 12.9. The van der Waals surface area contributed by atoms with Crippen molar-refractivity contribution in [2.24, 2.45) is 0 Å². The summed E-state index contributed by atoms with van der Waals surface area (Å²) in [5, 5.41) is 10.7. The van der Waals surface area contributed by atoms with E-state index in [2.05, 4.69) is 0 Å². The van der Waals surface area contributed by atoms with E-state index in [1.54, 1.807) is 26.0 Å². The van der Waals surface area contributed by atoms with Gasteiger partial charge in [-0.25, -0.2) is 0 Å². The molecule has 1 aromatic carbocycles. The van der Waals surface area contributed by atoms with Crippen LogP contribution in [0.5, 0.6) is 0 Å². The van der Waals surface area contributed by atoms with Gasteiger partial charge >= 0.3 is 15.2 Å². The highest BCUT2D eigenvalue weighted by molar-refractivity contribution is 7.78. The Morgan fingerprint density at radius 1 is 1.11 bits per heavy atom. The van der Waals surface area contributed by atoms with Crippen LogP contribution in [-0.2, 0) is 33.6 Å². The van der Waals surface area contributed by atoms with E-state index in [1.165, 1.54) is 32.4 Å². The molecule has 0 atom stereocenters. The van der Waals surface area contributed by atoms with E-state index in [0.717, 1.165) is 5.56 Å². The number of aryl methyl sites for hydroxylation is 1. The van der Waals surface area contributed by atoms with Crippen molar-refractivity contribution < 1.29 is 32.1 Å². The zero-order valence-corrected chi connectivity index (χ0v) is 18.3. The molecule has 11 heteroatoms. The molecule has 0 aliphatic heterocycles. The Labute approximate surface area is 165 Å². The third-order valence-corrected chi connectivity index (χ3v) is 8.87. The fraction of sp³-hybridized carbons (Fsp3) is 0.529. The lowest BCUT2D eigenvalue weighted by atomic mass is 10.1. The maximum atomic E-state index is 13.1. The summed E-state index contributed by atoms with van der Waals surface area (Å²) in [4.78, 5) is 10.4. The van der Waals surface area contributed by atoms with Crippen molar-refractivity contribution in [2.45, 2.75) is 33.1 Å². The van der Waals surface area contributed by atoms with E-state index in [-0.39, 0.29) is 24.0 Å². The number of nitro groups is 1. The van der Waals surface area contributed by atoms with Gasteiger partial charge in [0.2, 0.25) is 0 Å². The Bertz CT molecular complexity index is 762. The minimum atomic E-state index is -3.86. The molecule has 0 aromatic heterocycles. The molecule has 9 nitrogen and oxygen atoms in total. The van der Waals surface area contributed by atoms with Crippen LogP contribution in [0, 0.1) is 10.1 Å². The number of benzene rings is 1. The van der Waals surface area contributed by atoms with Crippen LogP contribution in [0.15, 0.2) is 35.4 Å². The summed E-state index contributed by atoms with van der Waals surface area (Å²) in [5.41, 5.74) is 0.817. The van der Waals surface area contributed by atoms with Crippen LogP contribution in [0.25, 0.3) is 0 Å². The fourth-order valence-corrected chi connectivity index (χ4v) is 6.79. The van der Waals surface area contributed by atoms with E-state index in [0.29, 0.717) is 19.3 Å². The first kappa shape index (κ1) is 24.7. The quantitative estimate of drug-likeness (QED) is 0.172. The molecular formula is C17H27NO8P2. The Hall–Kier alpha value is -1.34. The lowest BCUT2D eigenvalue weighted by Gasteiger charge is -2.24. The molecule has 0 fully saturated rings. The van der Waals surface area contributed by atoms with Gasteiger partial charge in [-0.1, -0.05) is 18.2 Å². The van der Waals surface area contributed by atoms with E-state index >= 15 is 0 Å². The predicted molar refractivity (Wildman–Crippen MR) is 107 cm³/mol. The van der Waals surface area contributed by atoms with Gasteiger partial charge in [0.25, 0.3) is 5.69 Å². The van der Waals surface area contributed by atoms with E-state index < -0.39 is 20.1 Å². The van der Waals surface area contributed by atoms with Crippen LogP contribution >= 0.6 is 15.2 Å². The topological polar surface area (TPSA) is 114 Å². The Morgan fingerprint density at radius 3 is 2.21 bits per heavy atom. The molecule has 0 aliphatic rings. The summed E-state index contributed by atoms with van der Waals surface area (Å²) < 4.78 is 46.7. The second kappa shape index (κ2) is 11.6. The maximum Gasteiger partial charge on any atom is 0.369 e. The Kier molecular flexibility index (Phi) is 10.2. The summed E-state index contributed by atoms with van der Waals surface area (Å²) in [5.74, 6) is 0. The lowest BCUT2D eigenvalue weighted by molar-refractivity contribution is -0.384. The molecule has 0 saturated heterocycles. The number of rotatable bonds is 13. The molecule has 0 aliphatic carbocycles. The molecule has 1 aromatic rings. The predicted octanol–water partition coefficient (Wildman–Crippen LogP) is 5.51. The van der Waals surface area contributed by atoms with Crippen molar-refractivity contribution in [1.82, 2.24) is 0 Å². The smallest absolute Gasteiger partial charge is 0.308 e. The SMILES string of the molecule is CCOP(=O)(OCC)/C(=C/CCCc1cccc([N+](=O)[O-])c1)P(=O)(OC)OC. The first-order valence-electron chi connectivity index (χ1n) is 8.81. The molecule has 28 heavy (non-hydrogen) atoms. The van der Waals surface area contributed by atoms with Gasteiger partial charge in [0.05, 0.1) is 18.1 Å². The average molecular weight is 435 g/mol. The summed E-state index contributed by atoms with van der Waals surface area (Å²) in [7, 11) is -5.31. The van der Waals surface area contributed by atoms with Crippen LogP contribution in [0.2, 0.25) is 0 Å². The van der Waals surface area contributed by atoms with Gasteiger partial charge < -0.3 is 18.1 Å². The molecule has 0 radical (unpaired) electrons. The average Bonchev–Trinajstić information content (AvgIpc) is 2.67. The van der Waals surface area contributed by atoms with Crippen molar-refractivity contribution in [3.63, 3.8) is 0 Å². The second-order valence-corrected chi connectivity index (χ2v) is 10.1. The van der Waals surface area contributed by atoms with Gasteiger partial charge in [-0.3, -0.25) is 19.2 Å². The number of unbranched alkanes of at least 4 members (excludes halogenated alkanes) is 1. The number of nitrogens with zero attached hydrogens (tertiary/aromatic N) is 1. The van der Waals surface area contributed by atoms with Crippen molar-refractivity contribution >= 4 is 20.9 Å².